The molecule has 2 heterocycles. The maximum Gasteiger partial charge on any atom is 0.332 e. The lowest BCUT2D eigenvalue weighted by Gasteiger charge is -2.26. The van der Waals surface area contributed by atoms with Gasteiger partial charge in [-0.3, -0.25) is 13.9 Å². The summed E-state index contributed by atoms with van der Waals surface area (Å²) in [4.78, 5) is 27.1. The number of nitrogens with zero attached hydrogens (tertiary/aromatic N) is 4. The molecule has 0 spiro atoms. The van der Waals surface area contributed by atoms with E-state index in [1.165, 1.54) is 19.9 Å². The van der Waals surface area contributed by atoms with Gasteiger partial charge in [0.05, 0.1) is 18.2 Å². The first-order chi connectivity index (χ1) is 12.1. The number of aromatic nitrogens is 2. The van der Waals surface area contributed by atoms with Crippen LogP contribution in [0.4, 0.5) is 5.82 Å². The highest BCUT2D eigenvalue weighted by Crippen LogP contribution is 2.19. The second-order valence-corrected chi connectivity index (χ2v) is 6.44. The Morgan fingerprint density at radius 2 is 1.76 bits per heavy atom. The van der Waals surface area contributed by atoms with Gasteiger partial charge in [0, 0.05) is 26.2 Å². The number of rotatable bonds is 3. The topological polar surface area (TPSA) is 71.0 Å². The van der Waals surface area contributed by atoms with Crippen molar-refractivity contribution >= 4 is 5.82 Å². The third kappa shape index (κ3) is 3.50. The Kier molecular flexibility index (Phi) is 5.03. The molecule has 0 bridgehead atoms. The van der Waals surface area contributed by atoms with E-state index in [4.69, 9.17) is 0 Å². The van der Waals surface area contributed by atoms with E-state index >= 15 is 0 Å². The van der Waals surface area contributed by atoms with E-state index in [-0.39, 0.29) is 17.8 Å². The minimum Gasteiger partial charge on any atom is -0.358 e. The molecule has 1 aliphatic heterocycles. The van der Waals surface area contributed by atoms with Gasteiger partial charge < -0.3 is 4.90 Å². The molecular formula is C19H22N4O2. The lowest BCUT2D eigenvalue weighted by molar-refractivity contribution is 0.622. The molecule has 25 heavy (non-hydrogen) atoms. The van der Waals surface area contributed by atoms with Crippen LogP contribution in [0.25, 0.3) is 0 Å². The van der Waals surface area contributed by atoms with Crippen LogP contribution in [0.2, 0.25) is 0 Å². The standard InChI is InChI=1S/C19H22N4O2/c1-21-18(24)12-17(22-10-6-2-3-7-11-22)23(19(21)25)14-16-9-5-4-8-15(16)13-20/h4-5,8-9,12H,2-3,6-7,10-11,14H2,1H3. The molecule has 0 aliphatic carbocycles. The largest absolute Gasteiger partial charge is 0.358 e. The van der Waals surface area contributed by atoms with Crippen LogP contribution in [0, 0.1) is 11.3 Å². The molecule has 6 nitrogen and oxygen atoms in total. The fourth-order valence-electron chi connectivity index (χ4n) is 3.31. The molecule has 2 aromatic rings. The number of benzene rings is 1. The Bertz CT molecular complexity index is 912. The number of hydrogen-bond donors (Lipinski definition) is 0. The van der Waals surface area contributed by atoms with E-state index < -0.39 is 0 Å². The molecule has 130 valence electrons. The molecule has 1 aromatic carbocycles. The molecule has 0 radical (unpaired) electrons. The van der Waals surface area contributed by atoms with Crippen LogP contribution in [-0.2, 0) is 13.6 Å². The molecule has 0 atom stereocenters. The van der Waals surface area contributed by atoms with Crippen LogP contribution in [0.1, 0.15) is 36.8 Å². The lowest BCUT2D eigenvalue weighted by atomic mass is 10.1. The van der Waals surface area contributed by atoms with Gasteiger partial charge in [-0.2, -0.15) is 5.26 Å². The zero-order valence-electron chi connectivity index (χ0n) is 14.4. The molecule has 6 heteroatoms. The summed E-state index contributed by atoms with van der Waals surface area (Å²) in [5, 5.41) is 9.32. The minimum absolute atomic E-state index is 0.280. The van der Waals surface area contributed by atoms with Gasteiger partial charge in [0.15, 0.2) is 0 Å². The maximum atomic E-state index is 12.8. The smallest absolute Gasteiger partial charge is 0.332 e. The Morgan fingerprint density at radius 3 is 2.44 bits per heavy atom. The van der Waals surface area contributed by atoms with Gasteiger partial charge in [0.25, 0.3) is 5.56 Å². The molecular weight excluding hydrogens is 316 g/mol. The molecule has 0 amide bonds. The van der Waals surface area contributed by atoms with Crippen LogP contribution in [0.3, 0.4) is 0 Å². The third-order valence-electron chi connectivity index (χ3n) is 4.77. The summed E-state index contributed by atoms with van der Waals surface area (Å²) in [5.74, 6) is 0.655. The van der Waals surface area contributed by atoms with E-state index in [9.17, 15) is 14.9 Å². The van der Waals surface area contributed by atoms with Crippen LogP contribution in [0.15, 0.2) is 39.9 Å². The van der Waals surface area contributed by atoms with Crippen molar-refractivity contribution in [2.45, 2.75) is 32.2 Å². The summed E-state index contributed by atoms with van der Waals surface area (Å²) in [5.41, 5.74) is 0.681. The fraction of sp³-hybridized carbons (Fsp3) is 0.421. The van der Waals surface area contributed by atoms with E-state index in [0.717, 1.165) is 36.1 Å². The average molecular weight is 338 g/mol. The molecule has 1 fully saturated rings. The van der Waals surface area contributed by atoms with E-state index in [0.29, 0.717) is 11.4 Å². The predicted octanol–water partition coefficient (Wildman–Crippen LogP) is 1.85. The van der Waals surface area contributed by atoms with Crippen molar-refractivity contribution in [3.63, 3.8) is 0 Å². The summed E-state index contributed by atoms with van der Waals surface area (Å²) in [6.07, 6.45) is 4.45. The second kappa shape index (κ2) is 7.39. The van der Waals surface area contributed by atoms with Crippen LogP contribution >= 0.6 is 0 Å². The lowest BCUT2D eigenvalue weighted by Crippen LogP contribution is -2.42. The van der Waals surface area contributed by atoms with Gasteiger partial charge in [-0.05, 0) is 24.5 Å². The molecule has 3 rings (SSSR count). The molecule has 1 aliphatic rings. The monoisotopic (exact) mass is 338 g/mol. The maximum absolute atomic E-state index is 12.8. The van der Waals surface area contributed by atoms with Gasteiger partial charge in [-0.1, -0.05) is 31.0 Å². The Morgan fingerprint density at radius 1 is 1.08 bits per heavy atom. The van der Waals surface area contributed by atoms with Crippen molar-refractivity contribution in [3.8, 4) is 6.07 Å². The van der Waals surface area contributed by atoms with Crippen molar-refractivity contribution in [3.05, 3.63) is 62.3 Å². The van der Waals surface area contributed by atoms with E-state index in [2.05, 4.69) is 11.0 Å². The van der Waals surface area contributed by atoms with Gasteiger partial charge in [0.1, 0.15) is 5.82 Å². The van der Waals surface area contributed by atoms with Crippen LogP contribution < -0.4 is 16.1 Å². The predicted molar refractivity (Wildman–Crippen MR) is 96.9 cm³/mol. The van der Waals surface area contributed by atoms with Crippen molar-refractivity contribution in [1.82, 2.24) is 9.13 Å². The summed E-state index contributed by atoms with van der Waals surface area (Å²) < 4.78 is 2.74. The van der Waals surface area contributed by atoms with Crippen LogP contribution in [0.5, 0.6) is 0 Å². The summed E-state index contributed by atoms with van der Waals surface area (Å²) in [7, 11) is 1.49. The Balaban J connectivity index is 2.11. The minimum atomic E-state index is -0.348. The van der Waals surface area contributed by atoms with E-state index in [1.54, 1.807) is 22.8 Å². The summed E-state index contributed by atoms with van der Waals surface area (Å²) in [6, 6.07) is 11.0. The number of hydrogen-bond acceptors (Lipinski definition) is 4. The second-order valence-electron chi connectivity index (χ2n) is 6.44. The van der Waals surface area contributed by atoms with Crippen molar-refractivity contribution in [2.75, 3.05) is 18.0 Å². The molecule has 1 saturated heterocycles. The highest BCUT2D eigenvalue weighted by atomic mass is 16.2. The SMILES string of the molecule is Cn1c(=O)cc(N2CCCCCC2)n(Cc2ccccc2C#N)c1=O. The summed E-state index contributed by atoms with van der Waals surface area (Å²) >= 11 is 0. The average Bonchev–Trinajstić information content (AvgIpc) is 2.91. The highest BCUT2D eigenvalue weighted by Gasteiger charge is 2.18. The quantitative estimate of drug-likeness (QED) is 0.856. The number of nitriles is 1. The molecule has 0 N–H and O–H groups in total. The first-order valence-electron chi connectivity index (χ1n) is 8.65. The zero-order chi connectivity index (χ0) is 17.8. The zero-order valence-corrected chi connectivity index (χ0v) is 14.4. The molecule has 0 saturated carbocycles. The van der Waals surface area contributed by atoms with Gasteiger partial charge >= 0.3 is 5.69 Å². The van der Waals surface area contributed by atoms with Gasteiger partial charge in [-0.15, -0.1) is 0 Å². The number of anilines is 1. The first kappa shape index (κ1) is 17.0. The van der Waals surface area contributed by atoms with Crippen molar-refractivity contribution in [2.24, 2.45) is 7.05 Å². The Hall–Kier alpha value is -2.81. The Labute approximate surface area is 146 Å². The normalized spacial score (nSPS) is 14.8. The van der Waals surface area contributed by atoms with Crippen molar-refractivity contribution in [1.29, 1.82) is 5.26 Å². The third-order valence-corrected chi connectivity index (χ3v) is 4.77. The molecule has 1 aromatic heterocycles. The van der Waals surface area contributed by atoms with E-state index in [1.807, 2.05) is 12.1 Å². The van der Waals surface area contributed by atoms with Crippen molar-refractivity contribution < 1.29 is 0 Å². The van der Waals surface area contributed by atoms with Gasteiger partial charge in [0.2, 0.25) is 0 Å². The van der Waals surface area contributed by atoms with Gasteiger partial charge in [-0.25, -0.2) is 4.79 Å². The fourth-order valence-corrected chi connectivity index (χ4v) is 3.31. The summed E-state index contributed by atoms with van der Waals surface area (Å²) in [6.45, 7) is 1.96. The highest BCUT2D eigenvalue weighted by molar-refractivity contribution is 5.42. The molecule has 0 unspecified atom stereocenters. The van der Waals surface area contributed by atoms with Crippen LogP contribution in [-0.4, -0.2) is 22.2 Å². The first-order valence-corrected chi connectivity index (χ1v) is 8.65.